The summed E-state index contributed by atoms with van der Waals surface area (Å²) in [4.78, 5) is 53.1. The summed E-state index contributed by atoms with van der Waals surface area (Å²) in [6.07, 6.45) is 6.24. The molecule has 2 N–H and O–H groups in total. The predicted molar refractivity (Wildman–Crippen MR) is 122 cm³/mol. The van der Waals surface area contributed by atoms with Gasteiger partial charge in [-0.25, -0.2) is 0 Å². The van der Waals surface area contributed by atoms with Gasteiger partial charge in [-0.15, -0.1) is 0 Å². The highest BCUT2D eigenvalue weighted by Crippen LogP contribution is 2.29. The first-order chi connectivity index (χ1) is 16.5. The Morgan fingerprint density at radius 3 is 2.62 bits per heavy atom. The second kappa shape index (κ2) is 10.8. The molecule has 0 spiro atoms. The number of piperidine rings is 1. The summed E-state index contributed by atoms with van der Waals surface area (Å²) in [6, 6.07) is 6.55. The molecule has 0 aromatic heterocycles. The third-order valence-electron chi connectivity index (χ3n) is 6.51. The summed E-state index contributed by atoms with van der Waals surface area (Å²) in [6.45, 7) is 2.13. The van der Waals surface area contributed by atoms with Gasteiger partial charge >= 0.3 is 5.97 Å². The summed E-state index contributed by atoms with van der Waals surface area (Å²) in [7, 11) is 0. The van der Waals surface area contributed by atoms with Gasteiger partial charge in [0.1, 0.15) is 18.1 Å². The number of fused-ring (bicyclic) bond motifs is 1. The van der Waals surface area contributed by atoms with Gasteiger partial charge in [-0.3, -0.25) is 19.2 Å². The van der Waals surface area contributed by atoms with Gasteiger partial charge in [-0.05, 0) is 51.2 Å². The Bertz CT molecular complexity index is 949. The first-order valence-electron chi connectivity index (χ1n) is 11.9. The molecule has 3 aliphatic rings. The minimum absolute atomic E-state index is 0.0268. The molecule has 2 unspecified atom stereocenters. The van der Waals surface area contributed by atoms with Crippen molar-refractivity contribution >= 4 is 23.7 Å². The van der Waals surface area contributed by atoms with Crippen LogP contribution in [-0.2, 0) is 23.9 Å². The van der Waals surface area contributed by atoms with E-state index >= 15 is 0 Å². The van der Waals surface area contributed by atoms with E-state index in [9.17, 15) is 19.2 Å². The Balaban J connectivity index is 1.51. The Kier molecular flexibility index (Phi) is 7.62. The van der Waals surface area contributed by atoms with Crippen molar-refractivity contribution in [2.24, 2.45) is 0 Å². The van der Waals surface area contributed by atoms with Crippen molar-refractivity contribution in [2.75, 3.05) is 6.61 Å². The lowest BCUT2D eigenvalue weighted by atomic mass is 9.90. The van der Waals surface area contributed by atoms with Gasteiger partial charge in [-0.2, -0.15) is 0 Å². The van der Waals surface area contributed by atoms with E-state index in [1.54, 1.807) is 36.1 Å². The van der Waals surface area contributed by atoms with Crippen LogP contribution in [0.3, 0.4) is 0 Å². The molecule has 0 bridgehead atoms. The molecule has 9 heteroatoms. The maximum atomic E-state index is 13.7. The van der Waals surface area contributed by atoms with Gasteiger partial charge in [-0.1, -0.05) is 30.4 Å². The van der Waals surface area contributed by atoms with Crippen molar-refractivity contribution in [3.63, 3.8) is 0 Å². The zero-order valence-corrected chi connectivity index (χ0v) is 19.3. The molecule has 5 atom stereocenters. The summed E-state index contributed by atoms with van der Waals surface area (Å²) < 4.78 is 10.6. The molecule has 0 aliphatic carbocycles. The van der Waals surface area contributed by atoms with Gasteiger partial charge in [0.15, 0.2) is 0 Å². The summed E-state index contributed by atoms with van der Waals surface area (Å²) in [5, 5.41) is 5.73. The molecule has 1 aromatic carbocycles. The van der Waals surface area contributed by atoms with E-state index < -0.39 is 30.4 Å². The number of rotatable bonds is 6. The van der Waals surface area contributed by atoms with E-state index in [0.717, 1.165) is 12.8 Å². The number of amides is 3. The quantitative estimate of drug-likeness (QED) is 0.484. The van der Waals surface area contributed by atoms with Crippen LogP contribution in [0.5, 0.6) is 0 Å². The minimum atomic E-state index is -0.829. The molecule has 182 valence electrons. The van der Waals surface area contributed by atoms with E-state index in [0.29, 0.717) is 31.4 Å². The molecule has 3 amide bonds. The van der Waals surface area contributed by atoms with Crippen LogP contribution in [0.15, 0.2) is 42.5 Å². The lowest BCUT2D eigenvalue weighted by Crippen LogP contribution is -2.62. The van der Waals surface area contributed by atoms with Crippen LogP contribution in [0.4, 0.5) is 0 Å². The second-order valence-corrected chi connectivity index (χ2v) is 8.81. The number of nitrogens with zero attached hydrogens (tertiary/aromatic N) is 1. The monoisotopic (exact) mass is 469 g/mol. The maximum absolute atomic E-state index is 13.7. The number of nitrogens with one attached hydrogen (secondary N) is 2. The first kappa shape index (κ1) is 23.9. The molecule has 3 aliphatic heterocycles. The van der Waals surface area contributed by atoms with E-state index in [4.69, 9.17) is 9.47 Å². The highest BCUT2D eigenvalue weighted by Gasteiger charge is 2.43. The number of hydrogen-bond donors (Lipinski definition) is 2. The Hall–Kier alpha value is -3.20. The summed E-state index contributed by atoms with van der Waals surface area (Å²) in [5.74, 6) is -1.35. The molecular formula is C25H31N3O6. The second-order valence-electron chi connectivity index (χ2n) is 8.81. The van der Waals surface area contributed by atoms with Crippen LogP contribution < -0.4 is 10.6 Å². The number of carbonyl (C=O) groups is 4. The van der Waals surface area contributed by atoms with Crippen LogP contribution in [0.2, 0.25) is 0 Å². The van der Waals surface area contributed by atoms with E-state index in [2.05, 4.69) is 10.6 Å². The predicted octanol–water partition coefficient (Wildman–Crippen LogP) is 1.68. The summed E-state index contributed by atoms with van der Waals surface area (Å²) >= 11 is 0. The van der Waals surface area contributed by atoms with Crippen LogP contribution >= 0.6 is 0 Å². The number of ether oxygens (including phenoxy) is 2. The molecule has 0 saturated carbocycles. The molecule has 2 saturated heterocycles. The highest BCUT2D eigenvalue weighted by molar-refractivity contribution is 5.98. The third kappa shape index (κ3) is 5.30. The lowest BCUT2D eigenvalue weighted by Gasteiger charge is -2.43. The van der Waals surface area contributed by atoms with Crippen molar-refractivity contribution in [3.05, 3.63) is 48.0 Å². The lowest BCUT2D eigenvalue weighted by molar-refractivity contribution is -0.165. The van der Waals surface area contributed by atoms with Crippen molar-refractivity contribution in [1.29, 1.82) is 0 Å². The maximum Gasteiger partial charge on any atom is 0.310 e. The zero-order valence-electron chi connectivity index (χ0n) is 19.3. The fourth-order valence-electron chi connectivity index (χ4n) is 4.87. The van der Waals surface area contributed by atoms with E-state index in [-0.39, 0.29) is 30.2 Å². The summed E-state index contributed by atoms with van der Waals surface area (Å²) in [5.41, 5.74) is 0.471. The normalized spacial score (nSPS) is 29.0. The molecule has 1 aromatic rings. The molecule has 34 heavy (non-hydrogen) atoms. The van der Waals surface area contributed by atoms with Crippen molar-refractivity contribution in [3.8, 4) is 0 Å². The van der Waals surface area contributed by atoms with E-state index in [1.807, 2.05) is 18.2 Å². The molecular weight excluding hydrogens is 438 g/mol. The van der Waals surface area contributed by atoms with Crippen molar-refractivity contribution in [1.82, 2.24) is 15.5 Å². The van der Waals surface area contributed by atoms with Gasteiger partial charge < -0.3 is 25.0 Å². The van der Waals surface area contributed by atoms with Crippen molar-refractivity contribution in [2.45, 2.75) is 75.9 Å². The molecule has 9 nitrogen and oxygen atoms in total. The van der Waals surface area contributed by atoms with E-state index in [1.165, 1.54) is 0 Å². The van der Waals surface area contributed by atoms with Crippen LogP contribution in [0.1, 0.15) is 55.8 Å². The number of cyclic esters (lactones) is 1. The Morgan fingerprint density at radius 2 is 1.85 bits per heavy atom. The average Bonchev–Trinajstić information content (AvgIpc) is 3.18. The number of esters is 1. The number of carbonyl (C=O) groups excluding carboxylic acids is 4. The Morgan fingerprint density at radius 1 is 1.09 bits per heavy atom. The number of benzene rings is 1. The van der Waals surface area contributed by atoms with Crippen LogP contribution in [0.25, 0.3) is 0 Å². The van der Waals surface area contributed by atoms with Gasteiger partial charge in [0.25, 0.3) is 5.91 Å². The average molecular weight is 470 g/mol. The first-order valence-corrected chi connectivity index (χ1v) is 11.9. The molecule has 3 heterocycles. The standard InChI is InChI=1S/C25H31N3O6/c1-2-33-25-19(15-21(29)34-25)27-23(31)20-14-8-12-17-11-6-7-13-18(24(32)28(17)20)26-22(30)16-9-4-3-5-10-16/h3-7,9-10,17-20,25H,2,8,11-15H2,1H3,(H,26,30)(H,27,31)/t17-,18-,19?,20-,25?/m0/s1. The van der Waals surface area contributed by atoms with Gasteiger partial charge in [0.2, 0.25) is 18.1 Å². The zero-order chi connectivity index (χ0) is 24.1. The fraction of sp³-hybridized carbons (Fsp3) is 0.520. The minimum Gasteiger partial charge on any atom is -0.433 e. The number of hydrogen-bond acceptors (Lipinski definition) is 6. The van der Waals surface area contributed by atoms with Gasteiger partial charge in [0.05, 0.1) is 6.42 Å². The Labute approximate surface area is 198 Å². The smallest absolute Gasteiger partial charge is 0.310 e. The molecule has 4 rings (SSSR count). The van der Waals surface area contributed by atoms with Crippen LogP contribution in [0, 0.1) is 0 Å². The molecule has 2 fully saturated rings. The van der Waals surface area contributed by atoms with Gasteiger partial charge in [0, 0.05) is 18.2 Å². The fourth-order valence-corrected chi connectivity index (χ4v) is 4.87. The topological polar surface area (TPSA) is 114 Å². The van der Waals surface area contributed by atoms with Crippen LogP contribution in [-0.4, -0.2) is 65.7 Å². The highest BCUT2D eigenvalue weighted by atomic mass is 16.7. The third-order valence-corrected chi connectivity index (χ3v) is 6.51. The SMILES string of the molecule is CCOC1OC(=O)CC1NC(=O)[C@@H]1CCC[C@@H]2CC=CC[C@H](NC(=O)c3ccccc3)C(=O)N21. The largest absolute Gasteiger partial charge is 0.433 e. The van der Waals surface area contributed by atoms with Crippen molar-refractivity contribution < 1.29 is 28.7 Å². The molecule has 0 radical (unpaired) electrons.